The standard InChI is InChI=1S/C27H28ClN5/c1-19-15-26-22(17-24(19)29)25(30-31-26)10-9-20-5-4-6-21(16-20)18-32-11-13-33(14-12-32)27-8-3-2-7-23(27)28/h2-10,15-17H,11-14,18,29H2,1H3,(H,30,31). The number of H-pyrrole nitrogens is 1. The van der Waals surface area contributed by atoms with Crippen molar-refractivity contribution >= 4 is 46.0 Å². The van der Waals surface area contributed by atoms with Crippen LogP contribution in [0.25, 0.3) is 23.1 Å². The average Bonchev–Trinajstić information content (AvgIpc) is 3.21. The first-order valence-corrected chi connectivity index (χ1v) is 11.7. The minimum Gasteiger partial charge on any atom is -0.398 e. The van der Waals surface area contributed by atoms with Crippen LogP contribution >= 0.6 is 11.6 Å². The zero-order chi connectivity index (χ0) is 22.8. The number of hydrogen-bond donors (Lipinski definition) is 2. The fourth-order valence-electron chi connectivity index (χ4n) is 4.42. The number of hydrogen-bond acceptors (Lipinski definition) is 4. The summed E-state index contributed by atoms with van der Waals surface area (Å²) >= 11 is 6.38. The second kappa shape index (κ2) is 9.30. The number of aromatic amines is 1. The third-order valence-corrected chi connectivity index (χ3v) is 6.65. The van der Waals surface area contributed by atoms with Crippen molar-refractivity contribution in [2.45, 2.75) is 13.5 Å². The van der Waals surface area contributed by atoms with Crippen molar-refractivity contribution in [3.05, 3.63) is 88.1 Å². The van der Waals surface area contributed by atoms with Crippen LogP contribution in [-0.2, 0) is 6.54 Å². The van der Waals surface area contributed by atoms with E-state index in [-0.39, 0.29) is 0 Å². The van der Waals surface area contributed by atoms with E-state index < -0.39 is 0 Å². The summed E-state index contributed by atoms with van der Waals surface area (Å²) < 4.78 is 0. The molecule has 33 heavy (non-hydrogen) atoms. The highest BCUT2D eigenvalue weighted by Crippen LogP contribution is 2.27. The molecule has 0 saturated carbocycles. The average molecular weight is 458 g/mol. The van der Waals surface area contributed by atoms with Gasteiger partial charge in [0.05, 0.1) is 21.9 Å². The zero-order valence-electron chi connectivity index (χ0n) is 18.8. The fraction of sp³-hybridized carbons (Fsp3) is 0.222. The summed E-state index contributed by atoms with van der Waals surface area (Å²) in [6.07, 6.45) is 4.17. The lowest BCUT2D eigenvalue weighted by molar-refractivity contribution is 0.250. The molecule has 4 aromatic rings. The van der Waals surface area contributed by atoms with E-state index in [2.05, 4.69) is 62.5 Å². The van der Waals surface area contributed by atoms with Crippen LogP contribution in [0.3, 0.4) is 0 Å². The van der Waals surface area contributed by atoms with E-state index in [1.54, 1.807) is 0 Å². The third-order valence-electron chi connectivity index (χ3n) is 6.34. The van der Waals surface area contributed by atoms with Gasteiger partial charge in [0.15, 0.2) is 0 Å². The fourth-order valence-corrected chi connectivity index (χ4v) is 4.68. The largest absolute Gasteiger partial charge is 0.398 e. The molecule has 0 aliphatic carbocycles. The van der Waals surface area contributed by atoms with Gasteiger partial charge in [-0.2, -0.15) is 5.10 Å². The summed E-state index contributed by atoms with van der Waals surface area (Å²) in [5.41, 5.74) is 13.5. The Bertz CT molecular complexity index is 1300. The Kier molecular flexibility index (Phi) is 6.07. The van der Waals surface area contributed by atoms with Crippen molar-refractivity contribution in [1.82, 2.24) is 15.1 Å². The lowest BCUT2D eigenvalue weighted by atomic mass is 10.1. The Hall–Kier alpha value is -3.28. The number of piperazine rings is 1. The van der Waals surface area contributed by atoms with Gasteiger partial charge >= 0.3 is 0 Å². The highest BCUT2D eigenvalue weighted by Gasteiger charge is 2.18. The Balaban J connectivity index is 1.24. The van der Waals surface area contributed by atoms with Crippen molar-refractivity contribution in [1.29, 1.82) is 0 Å². The van der Waals surface area contributed by atoms with Crippen molar-refractivity contribution < 1.29 is 0 Å². The zero-order valence-corrected chi connectivity index (χ0v) is 19.5. The smallest absolute Gasteiger partial charge is 0.0928 e. The van der Waals surface area contributed by atoms with Gasteiger partial charge in [0.1, 0.15) is 0 Å². The molecule has 5 nitrogen and oxygen atoms in total. The number of nitrogens with one attached hydrogen (secondary N) is 1. The first-order valence-electron chi connectivity index (χ1n) is 11.3. The van der Waals surface area contributed by atoms with Crippen LogP contribution in [0.4, 0.5) is 11.4 Å². The second-order valence-electron chi connectivity index (χ2n) is 8.66. The summed E-state index contributed by atoms with van der Waals surface area (Å²) in [4.78, 5) is 4.88. The molecule has 1 aromatic heterocycles. The number of halogens is 1. The van der Waals surface area contributed by atoms with E-state index in [1.165, 1.54) is 11.1 Å². The number of aromatic nitrogens is 2. The molecule has 0 spiro atoms. The van der Waals surface area contributed by atoms with E-state index in [0.717, 1.165) is 71.3 Å². The molecule has 2 heterocycles. The van der Waals surface area contributed by atoms with E-state index in [4.69, 9.17) is 17.3 Å². The molecular weight excluding hydrogens is 430 g/mol. The van der Waals surface area contributed by atoms with Crippen molar-refractivity contribution in [2.24, 2.45) is 0 Å². The van der Waals surface area contributed by atoms with E-state index in [9.17, 15) is 0 Å². The lowest BCUT2D eigenvalue weighted by Crippen LogP contribution is -2.46. The molecule has 1 aliphatic heterocycles. The van der Waals surface area contributed by atoms with Gasteiger partial charge in [-0.25, -0.2) is 0 Å². The summed E-state index contributed by atoms with van der Waals surface area (Å²) in [6.45, 7) is 6.96. The minimum absolute atomic E-state index is 0.787. The molecule has 5 rings (SSSR count). The Morgan fingerprint density at radius 1 is 1.00 bits per heavy atom. The van der Waals surface area contributed by atoms with Crippen LogP contribution in [0.1, 0.15) is 22.4 Å². The number of aryl methyl sites for hydroxylation is 1. The number of para-hydroxylation sites is 1. The van der Waals surface area contributed by atoms with Crippen LogP contribution in [0.2, 0.25) is 5.02 Å². The van der Waals surface area contributed by atoms with Crippen molar-refractivity contribution in [2.75, 3.05) is 36.8 Å². The van der Waals surface area contributed by atoms with Crippen molar-refractivity contribution in [3.8, 4) is 0 Å². The summed E-state index contributed by atoms with van der Waals surface area (Å²) in [5.74, 6) is 0. The molecule has 1 fully saturated rings. The highest BCUT2D eigenvalue weighted by molar-refractivity contribution is 6.33. The van der Waals surface area contributed by atoms with E-state index >= 15 is 0 Å². The van der Waals surface area contributed by atoms with Gasteiger partial charge in [0.2, 0.25) is 0 Å². The van der Waals surface area contributed by atoms with Gasteiger partial charge in [-0.15, -0.1) is 0 Å². The molecule has 168 valence electrons. The van der Waals surface area contributed by atoms with Crippen LogP contribution in [0, 0.1) is 6.92 Å². The molecule has 0 atom stereocenters. The molecule has 0 amide bonds. The van der Waals surface area contributed by atoms with Gasteiger partial charge in [-0.3, -0.25) is 10.00 Å². The Morgan fingerprint density at radius 3 is 2.64 bits per heavy atom. The molecular formula is C27H28ClN5. The first-order chi connectivity index (χ1) is 16.1. The summed E-state index contributed by atoms with van der Waals surface area (Å²) in [5, 5.41) is 9.43. The minimum atomic E-state index is 0.787. The van der Waals surface area contributed by atoms with Crippen LogP contribution < -0.4 is 10.6 Å². The van der Waals surface area contributed by atoms with E-state index in [1.807, 2.05) is 37.3 Å². The number of nitrogens with zero attached hydrogens (tertiary/aromatic N) is 3. The number of nitrogens with two attached hydrogens (primary N) is 1. The molecule has 1 saturated heterocycles. The Morgan fingerprint density at radius 2 is 1.82 bits per heavy atom. The van der Waals surface area contributed by atoms with Gasteiger partial charge in [-0.05, 0) is 54.0 Å². The predicted molar refractivity (Wildman–Crippen MR) is 140 cm³/mol. The van der Waals surface area contributed by atoms with Gasteiger partial charge in [0.25, 0.3) is 0 Å². The Labute approximate surface area is 199 Å². The van der Waals surface area contributed by atoms with Crippen molar-refractivity contribution in [3.63, 3.8) is 0 Å². The molecule has 1 aliphatic rings. The maximum absolute atomic E-state index is 6.38. The number of anilines is 2. The lowest BCUT2D eigenvalue weighted by Gasteiger charge is -2.36. The monoisotopic (exact) mass is 457 g/mol. The second-order valence-corrected chi connectivity index (χ2v) is 9.06. The topological polar surface area (TPSA) is 61.2 Å². The number of benzene rings is 3. The van der Waals surface area contributed by atoms with Crippen LogP contribution in [0.5, 0.6) is 0 Å². The number of nitrogen functional groups attached to an aromatic ring is 1. The summed E-state index contributed by atoms with van der Waals surface area (Å²) in [7, 11) is 0. The number of rotatable bonds is 5. The predicted octanol–water partition coefficient (Wildman–Crippen LogP) is 5.60. The van der Waals surface area contributed by atoms with Gasteiger partial charge in [0, 0.05) is 43.8 Å². The maximum atomic E-state index is 6.38. The van der Waals surface area contributed by atoms with Crippen LogP contribution in [0.15, 0.2) is 60.7 Å². The third kappa shape index (κ3) is 4.75. The van der Waals surface area contributed by atoms with E-state index in [0.29, 0.717) is 0 Å². The SMILES string of the molecule is Cc1cc2[nH]nc(C=Cc3cccc(CN4CCN(c5ccccc5Cl)CC4)c3)c2cc1N. The first kappa shape index (κ1) is 21.6. The quantitative estimate of drug-likeness (QED) is 0.383. The molecule has 0 bridgehead atoms. The summed E-state index contributed by atoms with van der Waals surface area (Å²) in [6, 6.07) is 20.8. The van der Waals surface area contributed by atoms with Gasteiger partial charge in [-0.1, -0.05) is 54.1 Å². The molecule has 3 N–H and O–H groups in total. The normalized spacial score (nSPS) is 15.0. The molecule has 0 radical (unpaired) electrons. The molecule has 3 aromatic carbocycles. The highest BCUT2D eigenvalue weighted by atomic mass is 35.5. The van der Waals surface area contributed by atoms with Crippen LogP contribution in [-0.4, -0.2) is 41.3 Å². The van der Waals surface area contributed by atoms with Gasteiger partial charge < -0.3 is 10.6 Å². The number of fused-ring (bicyclic) bond motifs is 1. The molecule has 0 unspecified atom stereocenters. The molecule has 6 heteroatoms. The maximum Gasteiger partial charge on any atom is 0.0928 e.